The molecule has 0 unspecified atom stereocenters. The van der Waals surface area contributed by atoms with Gasteiger partial charge in [-0.25, -0.2) is 0 Å². The van der Waals surface area contributed by atoms with Gasteiger partial charge in [0.2, 0.25) is 0 Å². The number of fused-ring (bicyclic) bond motifs is 8. The summed E-state index contributed by atoms with van der Waals surface area (Å²) >= 11 is 0. The molecule has 24 heavy (non-hydrogen) atoms. The normalized spacial score (nSPS) is 11.0. The molecule has 118 valence electrons. The summed E-state index contributed by atoms with van der Waals surface area (Å²) < 4.78 is 0. The number of hydrogen-bond acceptors (Lipinski definition) is 0. The first-order valence-electron chi connectivity index (χ1n) is 7.36. The van der Waals surface area contributed by atoms with Gasteiger partial charge in [0.05, 0.1) is 0 Å². The zero-order valence-electron chi connectivity index (χ0n) is 12.8. The molecule has 0 spiro atoms. The van der Waals surface area contributed by atoms with Crippen LogP contribution in [0, 0.1) is 6.07 Å². The van der Waals surface area contributed by atoms with Crippen molar-refractivity contribution in [2.45, 2.75) is 6.42 Å². The summed E-state index contributed by atoms with van der Waals surface area (Å²) in [6.45, 7) is 0. The third-order valence-corrected chi connectivity index (χ3v) is 4.60. The first-order chi connectivity index (χ1) is 10.4. The molecule has 0 heterocycles. The number of rotatable bonds is 0. The predicted octanol–water partition coefficient (Wildman–Crippen LogP) is -0.630. The van der Waals surface area contributed by atoms with Crippen LogP contribution in [0.3, 0.4) is 0 Å². The van der Waals surface area contributed by atoms with E-state index in [0.29, 0.717) is 0 Å². The molecule has 4 aromatic carbocycles. The second kappa shape index (κ2) is 7.39. The molecule has 0 aliphatic heterocycles. The molecule has 0 amide bonds. The minimum atomic E-state index is 0. The summed E-state index contributed by atoms with van der Waals surface area (Å²) in [5.74, 6) is 0. The Hall–Kier alpha value is -1.15. The van der Waals surface area contributed by atoms with Crippen molar-refractivity contribution in [1.29, 1.82) is 0 Å². The van der Waals surface area contributed by atoms with Crippen LogP contribution in [0.15, 0.2) is 66.7 Å². The van der Waals surface area contributed by atoms with Gasteiger partial charge in [-0.15, -0.1) is 40.6 Å². The Bertz CT molecular complexity index is 1020. The molecule has 0 aromatic heterocycles. The fourth-order valence-electron chi connectivity index (χ4n) is 3.73. The summed E-state index contributed by atoms with van der Waals surface area (Å²) in [4.78, 5) is 0. The summed E-state index contributed by atoms with van der Waals surface area (Å²) in [5, 5.41) is 5.30. The molecule has 0 saturated heterocycles. The Morgan fingerprint density at radius 1 is 0.708 bits per heavy atom. The van der Waals surface area contributed by atoms with Gasteiger partial charge in [0, 0.05) is 25.8 Å². The fraction of sp³-hybridized carbons (Fsp3) is 0.0476. The Kier molecular flexibility index (Phi) is 5.91. The number of hydrogen-bond donors (Lipinski definition) is 0. The van der Waals surface area contributed by atoms with Crippen LogP contribution in [-0.2, 0) is 32.3 Å². The summed E-state index contributed by atoms with van der Waals surface area (Å²) in [6, 6.07) is 27.3. The van der Waals surface area contributed by atoms with E-state index in [4.69, 9.17) is 0 Å². The van der Waals surface area contributed by atoms with Crippen LogP contribution in [0.2, 0.25) is 0 Å². The standard InChI is InChI=1S/C21H13.2ClH.Hf/c1-2-8-15-14(7-1)13-20-18-11-4-3-9-16(18)17-10-5-6-12-19(17)21(15)20;;;/h1-10,12H,13H2;2*1H;/q-1;;;/p-2. The number of benzene rings is 4. The topological polar surface area (TPSA) is 0 Å². The van der Waals surface area contributed by atoms with E-state index in [1.807, 2.05) is 6.07 Å². The minimum Gasteiger partial charge on any atom is -1.00 e. The van der Waals surface area contributed by atoms with Gasteiger partial charge in [-0.1, -0.05) is 53.9 Å². The monoisotopic (exact) mass is 515 g/mol. The van der Waals surface area contributed by atoms with Crippen molar-refractivity contribution in [3.63, 3.8) is 0 Å². The summed E-state index contributed by atoms with van der Waals surface area (Å²) in [7, 11) is 0. The van der Waals surface area contributed by atoms with Crippen LogP contribution in [0.25, 0.3) is 32.7 Å². The predicted molar refractivity (Wildman–Crippen MR) is 88.5 cm³/mol. The Morgan fingerprint density at radius 2 is 1.38 bits per heavy atom. The first-order valence-corrected chi connectivity index (χ1v) is 7.36. The van der Waals surface area contributed by atoms with E-state index in [0.717, 1.165) is 6.42 Å². The molecule has 0 nitrogen and oxygen atoms in total. The quantitative estimate of drug-likeness (QED) is 0.147. The zero-order valence-corrected chi connectivity index (χ0v) is 17.9. The molecule has 1 aliphatic rings. The molecule has 0 fully saturated rings. The molecule has 0 atom stereocenters. The minimum absolute atomic E-state index is 0. The van der Waals surface area contributed by atoms with Gasteiger partial charge in [-0.3, -0.25) is 0 Å². The van der Waals surface area contributed by atoms with E-state index in [1.54, 1.807) is 0 Å². The fourth-order valence-corrected chi connectivity index (χ4v) is 3.73. The van der Waals surface area contributed by atoms with Crippen LogP contribution >= 0.6 is 0 Å². The van der Waals surface area contributed by atoms with E-state index in [2.05, 4.69) is 66.7 Å². The molecule has 1 aliphatic carbocycles. The smallest absolute Gasteiger partial charge is 0 e. The molecule has 5 rings (SSSR count). The van der Waals surface area contributed by atoms with E-state index >= 15 is 0 Å². The second-order valence-corrected chi connectivity index (χ2v) is 5.69. The van der Waals surface area contributed by atoms with E-state index in [1.165, 1.54) is 43.8 Å². The first kappa shape index (κ1) is 19.2. The van der Waals surface area contributed by atoms with Crippen molar-refractivity contribution in [2.24, 2.45) is 0 Å². The summed E-state index contributed by atoms with van der Waals surface area (Å²) in [6.07, 6.45) is 1.02. The molecule has 4 aromatic rings. The van der Waals surface area contributed by atoms with Gasteiger partial charge in [0.1, 0.15) is 0 Å². The second-order valence-electron chi connectivity index (χ2n) is 5.69. The number of halogens is 2. The average Bonchev–Trinajstić information content (AvgIpc) is 2.95. The SMILES string of the molecule is [Cl-].[Cl-].[Hf].[c-]1cccc2c1c1c(c3ccccc32)-c2ccccc2C1. The van der Waals surface area contributed by atoms with E-state index < -0.39 is 0 Å². The van der Waals surface area contributed by atoms with Crippen LogP contribution in [0.5, 0.6) is 0 Å². The van der Waals surface area contributed by atoms with Gasteiger partial charge < -0.3 is 24.8 Å². The zero-order chi connectivity index (χ0) is 13.8. The van der Waals surface area contributed by atoms with Gasteiger partial charge >= 0.3 is 0 Å². The van der Waals surface area contributed by atoms with E-state index in [9.17, 15) is 0 Å². The molecular weight excluding hydrogens is 502 g/mol. The Balaban J connectivity index is 0.000000694. The Morgan fingerprint density at radius 3 is 2.21 bits per heavy atom. The maximum atomic E-state index is 3.48. The third-order valence-electron chi connectivity index (χ3n) is 4.60. The van der Waals surface area contributed by atoms with Gasteiger partial charge in [-0.2, -0.15) is 0 Å². The Labute approximate surface area is 172 Å². The molecule has 0 N–H and O–H groups in total. The van der Waals surface area contributed by atoms with Gasteiger partial charge in [0.15, 0.2) is 0 Å². The molecule has 0 radical (unpaired) electrons. The molecular formula is C21H13Cl2Hf-3. The third kappa shape index (κ3) is 2.63. The van der Waals surface area contributed by atoms with Crippen LogP contribution < -0.4 is 24.8 Å². The van der Waals surface area contributed by atoms with Crippen molar-refractivity contribution >= 4 is 21.5 Å². The molecule has 0 bridgehead atoms. The molecule has 0 saturated carbocycles. The van der Waals surface area contributed by atoms with Crippen molar-refractivity contribution in [3.05, 3.63) is 83.9 Å². The van der Waals surface area contributed by atoms with Gasteiger partial charge in [0.25, 0.3) is 0 Å². The van der Waals surface area contributed by atoms with Crippen molar-refractivity contribution in [2.75, 3.05) is 0 Å². The maximum Gasteiger partial charge on any atom is 0 e. The van der Waals surface area contributed by atoms with Crippen molar-refractivity contribution in [3.8, 4) is 11.1 Å². The largest absolute Gasteiger partial charge is 1.00 e. The van der Waals surface area contributed by atoms with Crippen molar-refractivity contribution < 1.29 is 50.7 Å². The van der Waals surface area contributed by atoms with Crippen LogP contribution in [-0.4, -0.2) is 0 Å². The summed E-state index contributed by atoms with van der Waals surface area (Å²) in [5.41, 5.74) is 5.67. The van der Waals surface area contributed by atoms with Crippen LogP contribution in [0.4, 0.5) is 0 Å². The van der Waals surface area contributed by atoms with E-state index in [-0.39, 0.29) is 50.7 Å². The van der Waals surface area contributed by atoms with Crippen molar-refractivity contribution in [1.82, 2.24) is 0 Å². The molecule has 3 heteroatoms. The average molecular weight is 515 g/mol. The van der Waals surface area contributed by atoms with Gasteiger partial charge in [-0.05, 0) is 28.5 Å². The maximum absolute atomic E-state index is 3.48. The van der Waals surface area contributed by atoms with Crippen LogP contribution in [0.1, 0.15) is 11.1 Å².